The molecule has 2 heterocycles. The van der Waals surface area contributed by atoms with Crippen LogP contribution in [0.4, 0.5) is 9.52 Å². The Morgan fingerprint density at radius 2 is 1.72 bits per heavy atom. The maximum Gasteiger partial charge on any atom is 0.257 e. The first kappa shape index (κ1) is 19.9. The number of amides is 1. The van der Waals surface area contributed by atoms with Crippen molar-refractivity contribution in [1.29, 1.82) is 0 Å². The number of aromatic nitrogens is 1. The third-order valence-corrected chi connectivity index (χ3v) is 7.76. The fraction of sp³-hybridized carbons (Fsp3) is 0.300. The summed E-state index contributed by atoms with van der Waals surface area (Å²) in [6.07, 6.45) is 3.81. The van der Waals surface area contributed by atoms with Gasteiger partial charge in [-0.1, -0.05) is 30.2 Å². The Kier molecular flexibility index (Phi) is 5.62. The molecule has 6 nitrogen and oxygen atoms in total. The standard InChI is InChI=1S/C20H20FN3O3S2/c21-16-6-5-7-17-18(16)22-20(28-17)23-19(25)14-8-10-15(11-9-14)29(26,27)24-12-3-1-2-4-13-24/h5-11H,1-4,12-13H2,(H,22,23,25). The summed E-state index contributed by atoms with van der Waals surface area (Å²) in [4.78, 5) is 16.8. The zero-order valence-corrected chi connectivity index (χ0v) is 17.2. The topological polar surface area (TPSA) is 79.4 Å². The van der Waals surface area contributed by atoms with Crippen molar-refractivity contribution < 1.29 is 17.6 Å². The Morgan fingerprint density at radius 3 is 2.38 bits per heavy atom. The SMILES string of the molecule is O=C(Nc1nc2c(F)cccc2s1)c1ccc(S(=O)(=O)N2CCCCCC2)cc1. The lowest BCUT2D eigenvalue weighted by Gasteiger charge is -2.20. The van der Waals surface area contributed by atoms with E-state index in [1.807, 2.05) is 0 Å². The molecule has 152 valence electrons. The number of fused-ring (bicyclic) bond motifs is 1. The number of thiazole rings is 1. The molecule has 0 radical (unpaired) electrons. The van der Waals surface area contributed by atoms with E-state index in [4.69, 9.17) is 0 Å². The molecule has 4 rings (SSSR count). The Hall–Kier alpha value is -2.36. The van der Waals surface area contributed by atoms with Crippen LogP contribution in [0.1, 0.15) is 36.0 Å². The van der Waals surface area contributed by atoms with Crippen LogP contribution in [-0.4, -0.2) is 36.7 Å². The number of nitrogens with zero attached hydrogens (tertiary/aromatic N) is 2. The van der Waals surface area contributed by atoms with E-state index in [2.05, 4.69) is 10.3 Å². The highest BCUT2D eigenvalue weighted by molar-refractivity contribution is 7.89. The minimum absolute atomic E-state index is 0.179. The lowest BCUT2D eigenvalue weighted by Crippen LogP contribution is -2.31. The molecular weight excluding hydrogens is 413 g/mol. The summed E-state index contributed by atoms with van der Waals surface area (Å²) in [7, 11) is -3.56. The van der Waals surface area contributed by atoms with Crippen molar-refractivity contribution in [3.63, 3.8) is 0 Å². The van der Waals surface area contributed by atoms with E-state index in [1.54, 1.807) is 12.1 Å². The van der Waals surface area contributed by atoms with Gasteiger partial charge < -0.3 is 0 Å². The Balaban J connectivity index is 1.50. The lowest BCUT2D eigenvalue weighted by molar-refractivity contribution is 0.102. The zero-order valence-electron chi connectivity index (χ0n) is 15.6. The number of rotatable bonds is 4. The maximum absolute atomic E-state index is 13.8. The molecule has 1 saturated heterocycles. The molecule has 1 aromatic heterocycles. The first-order valence-electron chi connectivity index (χ1n) is 9.42. The largest absolute Gasteiger partial charge is 0.298 e. The average molecular weight is 434 g/mol. The molecule has 1 fully saturated rings. The summed E-state index contributed by atoms with van der Waals surface area (Å²) in [6.45, 7) is 1.05. The first-order valence-corrected chi connectivity index (χ1v) is 11.7. The van der Waals surface area contributed by atoms with Gasteiger partial charge >= 0.3 is 0 Å². The molecule has 0 saturated carbocycles. The van der Waals surface area contributed by atoms with Gasteiger partial charge in [-0.15, -0.1) is 0 Å². The summed E-state index contributed by atoms with van der Waals surface area (Å²) >= 11 is 1.18. The Labute approximate surface area is 172 Å². The van der Waals surface area contributed by atoms with Crippen LogP contribution in [0.25, 0.3) is 10.2 Å². The minimum Gasteiger partial charge on any atom is -0.298 e. The molecule has 9 heteroatoms. The Morgan fingerprint density at radius 1 is 1.03 bits per heavy atom. The van der Waals surface area contributed by atoms with E-state index in [-0.39, 0.29) is 15.5 Å². The quantitative estimate of drug-likeness (QED) is 0.667. The van der Waals surface area contributed by atoms with Crippen LogP contribution >= 0.6 is 11.3 Å². The van der Waals surface area contributed by atoms with E-state index >= 15 is 0 Å². The Bertz CT molecular complexity index is 1140. The summed E-state index contributed by atoms with van der Waals surface area (Å²) in [5, 5.41) is 2.93. The average Bonchev–Trinajstić information content (AvgIpc) is 2.93. The predicted octanol–water partition coefficient (Wildman–Crippen LogP) is 4.25. The third kappa shape index (κ3) is 4.17. The van der Waals surface area contributed by atoms with Crippen LogP contribution in [0.2, 0.25) is 0 Å². The second kappa shape index (κ2) is 8.17. The van der Waals surface area contributed by atoms with Crippen molar-refractivity contribution in [2.75, 3.05) is 18.4 Å². The number of hydrogen-bond donors (Lipinski definition) is 1. The molecule has 0 aliphatic carbocycles. The number of sulfonamides is 1. The fourth-order valence-electron chi connectivity index (χ4n) is 3.35. The van der Waals surface area contributed by atoms with Crippen LogP contribution in [0, 0.1) is 5.82 Å². The molecule has 0 bridgehead atoms. The van der Waals surface area contributed by atoms with E-state index in [0.29, 0.717) is 23.4 Å². The van der Waals surface area contributed by atoms with Crippen molar-refractivity contribution in [3.05, 3.63) is 53.8 Å². The monoisotopic (exact) mass is 433 g/mol. The van der Waals surface area contributed by atoms with Gasteiger partial charge in [-0.3, -0.25) is 10.1 Å². The zero-order chi connectivity index (χ0) is 20.4. The molecular formula is C20H20FN3O3S2. The highest BCUT2D eigenvalue weighted by Crippen LogP contribution is 2.28. The number of benzene rings is 2. The minimum atomic E-state index is -3.56. The maximum atomic E-state index is 13.8. The number of carbonyl (C=O) groups excluding carboxylic acids is 1. The van der Waals surface area contributed by atoms with Crippen LogP contribution in [-0.2, 0) is 10.0 Å². The fourth-order valence-corrected chi connectivity index (χ4v) is 5.74. The first-order chi connectivity index (χ1) is 13.9. The van der Waals surface area contributed by atoms with Crippen molar-refractivity contribution in [2.45, 2.75) is 30.6 Å². The molecule has 1 amide bonds. The van der Waals surface area contributed by atoms with Gasteiger partial charge in [0.05, 0.1) is 9.60 Å². The molecule has 1 N–H and O–H groups in total. The predicted molar refractivity (Wildman–Crippen MR) is 111 cm³/mol. The number of anilines is 1. The summed E-state index contributed by atoms with van der Waals surface area (Å²) in [5.74, 6) is -0.870. The highest BCUT2D eigenvalue weighted by Gasteiger charge is 2.25. The van der Waals surface area contributed by atoms with Gasteiger partial charge in [-0.2, -0.15) is 4.31 Å². The highest BCUT2D eigenvalue weighted by atomic mass is 32.2. The summed E-state index contributed by atoms with van der Waals surface area (Å²) in [5.41, 5.74) is 0.520. The molecule has 0 unspecified atom stereocenters. The number of para-hydroxylation sites is 1. The smallest absolute Gasteiger partial charge is 0.257 e. The van der Waals surface area contributed by atoms with Crippen molar-refractivity contribution in [2.24, 2.45) is 0 Å². The molecule has 2 aromatic carbocycles. The number of hydrogen-bond acceptors (Lipinski definition) is 5. The van der Waals surface area contributed by atoms with Gasteiger partial charge in [0.25, 0.3) is 5.91 Å². The van der Waals surface area contributed by atoms with Gasteiger partial charge in [-0.05, 0) is 49.2 Å². The molecule has 3 aromatic rings. The van der Waals surface area contributed by atoms with Crippen molar-refractivity contribution in [3.8, 4) is 0 Å². The van der Waals surface area contributed by atoms with Crippen molar-refractivity contribution >= 4 is 42.6 Å². The normalized spacial score (nSPS) is 15.9. The lowest BCUT2D eigenvalue weighted by atomic mass is 10.2. The third-order valence-electron chi connectivity index (χ3n) is 4.91. The number of carbonyl (C=O) groups is 1. The van der Waals surface area contributed by atoms with Gasteiger partial charge in [0, 0.05) is 18.7 Å². The van der Waals surface area contributed by atoms with Crippen LogP contribution < -0.4 is 5.32 Å². The molecule has 1 aliphatic heterocycles. The molecule has 0 spiro atoms. The van der Waals surface area contributed by atoms with E-state index in [0.717, 1.165) is 25.7 Å². The summed E-state index contributed by atoms with van der Waals surface area (Å²) < 4.78 is 41.6. The molecule has 29 heavy (non-hydrogen) atoms. The number of halogens is 1. The van der Waals surface area contributed by atoms with Gasteiger partial charge in [-0.25, -0.2) is 17.8 Å². The molecule has 1 aliphatic rings. The van der Waals surface area contributed by atoms with Gasteiger partial charge in [0.2, 0.25) is 10.0 Å². The summed E-state index contributed by atoms with van der Waals surface area (Å²) in [6, 6.07) is 10.5. The van der Waals surface area contributed by atoms with Crippen LogP contribution in [0.5, 0.6) is 0 Å². The van der Waals surface area contributed by atoms with Gasteiger partial charge in [0.15, 0.2) is 5.13 Å². The molecule has 0 atom stereocenters. The van der Waals surface area contributed by atoms with E-state index in [1.165, 1.54) is 46.0 Å². The van der Waals surface area contributed by atoms with Gasteiger partial charge in [0.1, 0.15) is 11.3 Å². The van der Waals surface area contributed by atoms with Crippen LogP contribution in [0.15, 0.2) is 47.4 Å². The van der Waals surface area contributed by atoms with Crippen LogP contribution in [0.3, 0.4) is 0 Å². The number of nitrogens with one attached hydrogen (secondary N) is 1. The van der Waals surface area contributed by atoms with Crippen molar-refractivity contribution in [1.82, 2.24) is 9.29 Å². The second-order valence-electron chi connectivity index (χ2n) is 6.90. The second-order valence-corrected chi connectivity index (χ2v) is 9.87. The van der Waals surface area contributed by atoms with E-state index in [9.17, 15) is 17.6 Å². The van der Waals surface area contributed by atoms with E-state index < -0.39 is 21.7 Å².